The van der Waals surface area contributed by atoms with Crippen molar-refractivity contribution in [2.24, 2.45) is 5.73 Å². The molecule has 7 heteroatoms. The average Bonchev–Trinajstić information content (AvgIpc) is 2.96. The summed E-state index contributed by atoms with van der Waals surface area (Å²) in [4.78, 5) is 16.2. The molecule has 4 N–H and O–H groups in total. The summed E-state index contributed by atoms with van der Waals surface area (Å²) in [5.41, 5.74) is 14.5. The maximum Gasteiger partial charge on any atom is 0.341 e. The maximum absolute atomic E-state index is 12.7. The fourth-order valence-corrected chi connectivity index (χ4v) is 4.73. The molecule has 0 saturated heterocycles. The SMILES string of the molecule is CCOc1ccc(CN2Cc3sc(N)c(C(=O)OC(C)(C)C)c3CC2CN)cc1. The van der Waals surface area contributed by atoms with Gasteiger partial charge in [-0.1, -0.05) is 12.1 Å². The quantitative estimate of drug-likeness (QED) is 0.698. The molecule has 6 nitrogen and oxygen atoms in total. The van der Waals surface area contributed by atoms with Gasteiger partial charge in [0.05, 0.1) is 12.2 Å². The summed E-state index contributed by atoms with van der Waals surface area (Å²) in [6, 6.07) is 8.31. The van der Waals surface area contributed by atoms with E-state index in [1.807, 2.05) is 39.8 Å². The number of benzene rings is 1. The largest absolute Gasteiger partial charge is 0.494 e. The number of nitrogen functional groups attached to an aromatic ring is 1. The summed E-state index contributed by atoms with van der Waals surface area (Å²) in [7, 11) is 0. The molecule has 0 radical (unpaired) electrons. The second kappa shape index (κ2) is 8.73. The first kappa shape index (κ1) is 21.6. The number of nitrogens with two attached hydrogens (primary N) is 2. The minimum absolute atomic E-state index is 0.143. The Morgan fingerprint density at radius 3 is 2.55 bits per heavy atom. The zero-order valence-electron chi connectivity index (χ0n) is 17.7. The molecular weight excluding hydrogens is 386 g/mol. The maximum atomic E-state index is 12.7. The number of anilines is 1. The predicted molar refractivity (Wildman–Crippen MR) is 117 cm³/mol. The lowest BCUT2D eigenvalue weighted by Crippen LogP contribution is -2.44. The lowest BCUT2D eigenvalue weighted by Gasteiger charge is -2.35. The van der Waals surface area contributed by atoms with Gasteiger partial charge in [0, 0.05) is 30.6 Å². The number of ether oxygens (including phenoxy) is 2. The smallest absolute Gasteiger partial charge is 0.341 e. The Labute approximate surface area is 176 Å². The van der Waals surface area contributed by atoms with E-state index in [0.717, 1.165) is 29.3 Å². The Kier molecular flexibility index (Phi) is 6.51. The first-order valence-electron chi connectivity index (χ1n) is 10.0. The molecule has 0 aliphatic carbocycles. The first-order chi connectivity index (χ1) is 13.7. The van der Waals surface area contributed by atoms with E-state index in [9.17, 15) is 4.79 Å². The van der Waals surface area contributed by atoms with E-state index in [0.29, 0.717) is 30.1 Å². The monoisotopic (exact) mass is 417 g/mol. The van der Waals surface area contributed by atoms with Crippen molar-refractivity contribution in [3.63, 3.8) is 0 Å². The molecule has 1 aromatic heterocycles. The fraction of sp³-hybridized carbons (Fsp3) is 0.500. The molecule has 29 heavy (non-hydrogen) atoms. The highest BCUT2D eigenvalue weighted by molar-refractivity contribution is 7.16. The zero-order valence-corrected chi connectivity index (χ0v) is 18.5. The molecular formula is C22H31N3O3S. The number of carbonyl (C=O) groups is 1. The Bertz CT molecular complexity index is 855. The van der Waals surface area contributed by atoms with Gasteiger partial charge in [-0.05, 0) is 57.4 Å². The van der Waals surface area contributed by atoms with Gasteiger partial charge in [-0.3, -0.25) is 4.90 Å². The lowest BCUT2D eigenvalue weighted by molar-refractivity contribution is 0.00689. The van der Waals surface area contributed by atoms with Crippen LogP contribution in [0.2, 0.25) is 0 Å². The van der Waals surface area contributed by atoms with Gasteiger partial charge in [-0.25, -0.2) is 4.79 Å². The minimum atomic E-state index is -0.556. The summed E-state index contributed by atoms with van der Waals surface area (Å²) in [6.45, 7) is 10.2. The second-order valence-corrected chi connectivity index (χ2v) is 9.46. The predicted octanol–water partition coefficient (Wildman–Crippen LogP) is 3.57. The van der Waals surface area contributed by atoms with Gasteiger partial charge < -0.3 is 20.9 Å². The van der Waals surface area contributed by atoms with Crippen LogP contribution in [0.4, 0.5) is 5.00 Å². The highest BCUT2D eigenvalue weighted by Crippen LogP contribution is 2.38. The number of hydrogen-bond donors (Lipinski definition) is 2. The van der Waals surface area contributed by atoms with Crippen molar-refractivity contribution < 1.29 is 14.3 Å². The van der Waals surface area contributed by atoms with Crippen molar-refractivity contribution >= 4 is 22.3 Å². The van der Waals surface area contributed by atoms with Gasteiger partial charge in [-0.15, -0.1) is 11.3 Å². The van der Waals surface area contributed by atoms with Gasteiger partial charge in [0.1, 0.15) is 16.4 Å². The molecule has 1 aliphatic heterocycles. The highest BCUT2D eigenvalue weighted by Gasteiger charge is 2.33. The highest BCUT2D eigenvalue weighted by atomic mass is 32.1. The molecule has 1 atom stereocenters. The Morgan fingerprint density at radius 2 is 1.97 bits per heavy atom. The topological polar surface area (TPSA) is 90.8 Å². The van der Waals surface area contributed by atoms with Crippen LogP contribution >= 0.6 is 11.3 Å². The van der Waals surface area contributed by atoms with Crippen molar-refractivity contribution in [3.05, 3.63) is 45.8 Å². The van der Waals surface area contributed by atoms with Crippen LogP contribution < -0.4 is 16.2 Å². The minimum Gasteiger partial charge on any atom is -0.494 e. The third-order valence-corrected chi connectivity index (χ3v) is 5.96. The molecule has 1 aromatic carbocycles. The van der Waals surface area contributed by atoms with E-state index in [1.54, 1.807) is 0 Å². The van der Waals surface area contributed by atoms with E-state index < -0.39 is 5.60 Å². The van der Waals surface area contributed by atoms with Crippen LogP contribution in [-0.4, -0.2) is 35.7 Å². The molecule has 0 spiro atoms. The molecule has 0 amide bonds. The van der Waals surface area contributed by atoms with Crippen molar-refractivity contribution in [2.75, 3.05) is 18.9 Å². The average molecular weight is 418 g/mol. The normalized spacial score (nSPS) is 17.1. The summed E-state index contributed by atoms with van der Waals surface area (Å²) in [5, 5.41) is 0.530. The van der Waals surface area contributed by atoms with Gasteiger partial charge in [0.2, 0.25) is 0 Å². The fourth-order valence-electron chi connectivity index (χ4n) is 3.62. The van der Waals surface area contributed by atoms with E-state index >= 15 is 0 Å². The Balaban J connectivity index is 1.80. The molecule has 3 rings (SSSR count). The zero-order chi connectivity index (χ0) is 21.2. The Hall–Kier alpha value is -2.09. The van der Waals surface area contributed by atoms with Crippen LogP contribution in [0, 0.1) is 0 Å². The van der Waals surface area contributed by atoms with Crippen molar-refractivity contribution in [1.82, 2.24) is 4.90 Å². The van der Waals surface area contributed by atoms with Gasteiger partial charge in [0.15, 0.2) is 0 Å². The van der Waals surface area contributed by atoms with Crippen LogP contribution in [0.15, 0.2) is 24.3 Å². The third-order valence-electron chi connectivity index (χ3n) is 4.92. The standard InChI is InChI=1S/C22H31N3O3S/c1-5-27-16-8-6-14(7-9-16)12-25-13-18-17(10-15(25)11-23)19(20(24)29-18)21(26)28-22(2,3)4/h6-9,15H,5,10-13,23-24H2,1-4H3. The van der Waals surface area contributed by atoms with Crippen molar-refractivity contribution in [3.8, 4) is 5.75 Å². The summed E-state index contributed by atoms with van der Waals surface area (Å²) < 4.78 is 11.1. The van der Waals surface area contributed by atoms with Gasteiger partial charge >= 0.3 is 5.97 Å². The van der Waals surface area contributed by atoms with E-state index in [2.05, 4.69) is 17.0 Å². The molecule has 0 bridgehead atoms. The van der Waals surface area contributed by atoms with Gasteiger partial charge in [-0.2, -0.15) is 0 Å². The van der Waals surface area contributed by atoms with Crippen LogP contribution in [0.5, 0.6) is 5.75 Å². The Morgan fingerprint density at radius 1 is 1.28 bits per heavy atom. The summed E-state index contributed by atoms with van der Waals surface area (Å²) >= 11 is 1.48. The van der Waals surface area contributed by atoms with Crippen LogP contribution in [0.25, 0.3) is 0 Å². The molecule has 2 heterocycles. The van der Waals surface area contributed by atoms with Crippen LogP contribution in [0.1, 0.15) is 54.1 Å². The van der Waals surface area contributed by atoms with Crippen molar-refractivity contribution in [2.45, 2.75) is 58.8 Å². The van der Waals surface area contributed by atoms with Crippen LogP contribution in [0.3, 0.4) is 0 Å². The summed E-state index contributed by atoms with van der Waals surface area (Å²) in [6.07, 6.45) is 0.700. The molecule has 0 saturated carbocycles. The lowest BCUT2D eigenvalue weighted by atomic mass is 9.95. The van der Waals surface area contributed by atoms with E-state index in [1.165, 1.54) is 16.9 Å². The number of nitrogens with zero attached hydrogens (tertiary/aromatic N) is 1. The molecule has 2 aromatic rings. The molecule has 0 fully saturated rings. The van der Waals surface area contributed by atoms with E-state index in [-0.39, 0.29) is 12.0 Å². The third kappa shape index (κ3) is 5.10. The van der Waals surface area contributed by atoms with E-state index in [4.69, 9.17) is 20.9 Å². The number of thiophene rings is 1. The number of fused-ring (bicyclic) bond motifs is 1. The summed E-state index contributed by atoms with van der Waals surface area (Å²) in [5.74, 6) is 0.531. The second-order valence-electron chi connectivity index (χ2n) is 8.32. The number of carbonyl (C=O) groups excluding carboxylic acids is 1. The molecule has 1 unspecified atom stereocenters. The van der Waals surface area contributed by atoms with Crippen LogP contribution in [-0.2, 0) is 24.2 Å². The van der Waals surface area contributed by atoms with Gasteiger partial charge in [0.25, 0.3) is 0 Å². The number of esters is 1. The first-order valence-corrected chi connectivity index (χ1v) is 10.8. The molecule has 158 valence electrons. The van der Waals surface area contributed by atoms with Crippen molar-refractivity contribution in [1.29, 1.82) is 0 Å². The number of rotatable bonds is 6. The molecule has 1 aliphatic rings. The number of hydrogen-bond acceptors (Lipinski definition) is 7.